The molecule has 0 aliphatic carbocycles. The molecule has 0 spiro atoms. The number of nitrogens with one attached hydrogen (secondary N) is 1. The lowest BCUT2D eigenvalue weighted by Gasteiger charge is -2.23. The summed E-state index contributed by atoms with van der Waals surface area (Å²) in [5.41, 5.74) is 1.35. The van der Waals surface area contributed by atoms with Crippen LogP contribution in [0.4, 0.5) is 0 Å². The Morgan fingerprint density at radius 2 is 2.33 bits per heavy atom. The number of hydrogen-bond acceptors (Lipinski definition) is 2. The van der Waals surface area contributed by atoms with Gasteiger partial charge >= 0.3 is 0 Å². The van der Waals surface area contributed by atoms with E-state index in [1.165, 1.54) is 18.5 Å². The Morgan fingerprint density at radius 1 is 1.53 bits per heavy atom. The molecule has 1 fully saturated rings. The Labute approximate surface area is 90.9 Å². The first kappa shape index (κ1) is 10.3. The molecule has 1 aromatic heterocycles. The standard InChI is InChI=1S/C12H17N3/c1-2-3-8-15-10-14-9-12(15)11-4-6-13-7-5-11/h1,9-11,13H,3-8H2. The number of aromatic nitrogens is 2. The molecule has 1 aromatic rings. The fourth-order valence-electron chi connectivity index (χ4n) is 2.16. The van der Waals surface area contributed by atoms with E-state index in [2.05, 4.69) is 20.8 Å². The number of terminal acetylenes is 1. The van der Waals surface area contributed by atoms with E-state index in [1.54, 1.807) is 0 Å². The summed E-state index contributed by atoms with van der Waals surface area (Å²) in [6, 6.07) is 0. The van der Waals surface area contributed by atoms with Crippen molar-refractivity contribution in [1.82, 2.24) is 14.9 Å². The molecule has 1 aliphatic heterocycles. The van der Waals surface area contributed by atoms with E-state index in [0.717, 1.165) is 26.1 Å². The third kappa shape index (κ3) is 2.40. The van der Waals surface area contributed by atoms with Crippen LogP contribution in [0, 0.1) is 12.3 Å². The maximum Gasteiger partial charge on any atom is 0.0948 e. The van der Waals surface area contributed by atoms with Crippen LogP contribution in [-0.2, 0) is 6.54 Å². The second-order valence-electron chi connectivity index (χ2n) is 3.99. The average Bonchev–Trinajstić information content (AvgIpc) is 2.75. The van der Waals surface area contributed by atoms with Gasteiger partial charge < -0.3 is 9.88 Å². The highest BCUT2D eigenvalue weighted by atomic mass is 15.0. The summed E-state index contributed by atoms with van der Waals surface area (Å²) in [5.74, 6) is 3.33. The van der Waals surface area contributed by atoms with Gasteiger partial charge in [0.15, 0.2) is 0 Å². The number of imidazole rings is 1. The van der Waals surface area contributed by atoms with E-state index < -0.39 is 0 Å². The first-order valence-corrected chi connectivity index (χ1v) is 5.56. The van der Waals surface area contributed by atoms with Crippen molar-refractivity contribution in [2.75, 3.05) is 13.1 Å². The first-order chi connectivity index (χ1) is 7.42. The van der Waals surface area contributed by atoms with Crippen molar-refractivity contribution in [2.24, 2.45) is 0 Å². The van der Waals surface area contributed by atoms with Crippen LogP contribution in [-0.4, -0.2) is 22.6 Å². The van der Waals surface area contributed by atoms with Crippen molar-refractivity contribution in [3.63, 3.8) is 0 Å². The van der Waals surface area contributed by atoms with Crippen LogP contribution in [0.25, 0.3) is 0 Å². The van der Waals surface area contributed by atoms with Crippen molar-refractivity contribution >= 4 is 0 Å². The minimum Gasteiger partial charge on any atom is -0.333 e. The van der Waals surface area contributed by atoms with Gasteiger partial charge in [-0.1, -0.05) is 0 Å². The first-order valence-electron chi connectivity index (χ1n) is 5.56. The van der Waals surface area contributed by atoms with Gasteiger partial charge in [0.2, 0.25) is 0 Å². The van der Waals surface area contributed by atoms with Crippen molar-refractivity contribution < 1.29 is 0 Å². The molecule has 0 saturated carbocycles. The topological polar surface area (TPSA) is 29.9 Å². The van der Waals surface area contributed by atoms with Gasteiger partial charge in [-0.05, 0) is 25.9 Å². The van der Waals surface area contributed by atoms with Gasteiger partial charge in [-0.2, -0.15) is 0 Å². The predicted octanol–water partition coefficient (Wildman–Crippen LogP) is 1.37. The van der Waals surface area contributed by atoms with E-state index >= 15 is 0 Å². The van der Waals surface area contributed by atoms with Crippen molar-refractivity contribution in [3.05, 3.63) is 18.2 Å². The van der Waals surface area contributed by atoms with Crippen LogP contribution in [0.3, 0.4) is 0 Å². The van der Waals surface area contributed by atoms with E-state index in [-0.39, 0.29) is 0 Å². The van der Waals surface area contributed by atoms with Gasteiger partial charge in [0.1, 0.15) is 0 Å². The lowest BCUT2D eigenvalue weighted by Crippen LogP contribution is -2.27. The summed E-state index contributed by atoms with van der Waals surface area (Å²) < 4.78 is 2.20. The SMILES string of the molecule is C#CCCn1cncc1C1CCNCC1. The van der Waals surface area contributed by atoms with Crippen molar-refractivity contribution in [3.8, 4) is 12.3 Å². The molecule has 3 nitrogen and oxygen atoms in total. The average molecular weight is 203 g/mol. The van der Waals surface area contributed by atoms with Gasteiger partial charge in [-0.15, -0.1) is 12.3 Å². The summed E-state index contributed by atoms with van der Waals surface area (Å²) in [7, 11) is 0. The zero-order valence-electron chi connectivity index (χ0n) is 8.95. The Hall–Kier alpha value is -1.27. The van der Waals surface area contributed by atoms with Gasteiger partial charge in [0.25, 0.3) is 0 Å². The molecule has 0 amide bonds. The molecule has 1 saturated heterocycles. The van der Waals surface area contributed by atoms with Gasteiger partial charge in [0, 0.05) is 30.8 Å². The maximum atomic E-state index is 5.28. The Bertz CT molecular complexity index is 342. The van der Waals surface area contributed by atoms with E-state index in [0.29, 0.717) is 5.92 Å². The minimum absolute atomic E-state index is 0.659. The van der Waals surface area contributed by atoms with Crippen molar-refractivity contribution in [2.45, 2.75) is 31.7 Å². The molecule has 0 unspecified atom stereocenters. The summed E-state index contributed by atoms with van der Waals surface area (Å²) in [6.07, 6.45) is 12.4. The molecular formula is C12H17N3. The Kier molecular flexibility index (Phi) is 3.41. The highest BCUT2D eigenvalue weighted by molar-refractivity contribution is 5.08. The molecule has 2 rings (SSSR count). The van der Waals surface area contributed by atoms with Crippen LogP contribution in [0.1, 0.15) is 30.9 Å². The molecule has 1 N–H and O–H groups in total. The number of nitrogens with zero attached hydrogens (tertiary/aromatic N) is 2. The quantitative estimate of drug-likeness (QED) is 0.752. The highest BCUT2D eigenvalue weighted by Crippen LogP contribution is 2.24. The van der Waals surface area contributed by atoms with Crippen molar-refractivity contribution in [1.29, 1.82) is 0 Å². The third-order valence-corrected chi connectivity index (χ3v) is 3.00. The van der Waals surface area contributed by atoms with Crippen LogP contribution >= 0.6 is 0 Å². The zero-order chi connectivity index (χ0) is 10.5. The van der Waals surface area contributed by atoms with Crippen LogP contribution in [0.2, 0.25) is 0 Å². The lowest BCUT2D eigenvalue weighted by molar-refractivity contribution is 0.439. The normalized spacial score (nSPS) is 17.5. The van der Waals surface area contributed by atoms with Crippen LogP contribution in [0.5, 0.6) is 0 Å². The molecule has 3 heteroatoms. The number of rotatable bonds is 3. The zero-order valence-corrected chi connectivity index (χ0v) is 8.95. The molecule has 15 heavy (non-hydrogen) atoms. The summed E-state index contributed by atoms with van der Waals surface area (Å²) in [5, 5.41) is 3.38. The lowest BCUT2D eigenvalue weighted by atomic mass is 9.95. The van der Waals surface area contributed by atoms with Gasteiger partial charge in [-0.3, -0.25) is 0 Å². The van der Waals surface area contributed by atoms with Gasteiger partial charge in [-0.25, -0.2) is 4.98 Å². The second-order valence-corrected chi connectivity index (χ2v) is 3.99. The molecule has 80 valence electrons. The molecule has 2 heterocycles. The molecule has 0 bridgehead atoms. The minimum atomic E-state index is 0.659. The number of piperidine rings is 1. The number of hydrogen-bond donors (Lipinski definition) is 1. The van der Waals surface area contributed by atoms with Crippen LogP contribution < -0.4 is 5.32 Å². The van der Waals surface area contributed by atoms with E-state index in [4.69, 9.17) is 6.42 Å². The summed E-state index contributed by atoms with van der Waals surface area (Å²) in [6.45, 7) is 3.13. The van der Waals surface area contributed by atoms with E-state index in [9.17, 15) is 0 Å². The summed E-state index contributed by atoms with van der Waals surface area (Å²) in [4.78, 5) is 4.22. The molecule has 1 aliphatic rings. The largest absolute Gasteiger partial charge is 0.333 e. The fourth-order valence-corrected chi connectivity index (χ4v) is 2.16. The molecule has 0 radical (unpaired) electrons. The van der Waals surface area contributed by atoms with E-state index in [1.807, 2.05) is 12.5 Å². The molecular weight excluding hydrogens is 186 g/mol. The summed E-state index contributed by atoms with van der Waals surface area (Å²) >= 11 is 0. The smallest absolute Gasteiger partial charge is 0.0948 e. The predicted molar refractivity (Wildman–Crippen MR) is 60.5 cm³/mol. The second kappa shape index (κ2) is 4.99. The van der Waals surface area contributed by atoms with Gasteiger partial charge in [0.05, 0.1) is 6.33 Å². The number of aryl methyl sites for hydroxylation is 1. The third-order valence-electron chi connectivity index (χ3n) is 3.00. The molecule has 0 aromatic carbocycles. The Balaban J connectivity index is 2.06. The molecule has 0 atom stereocenters. The Morgan fingerprint density at radius 3 is 3.07 bits per heavy atom. The van der Waals surface area contributed by atoms with Crippen LogP contribution in [0.15, 0.2) is 12.5 Å². The monoisotopic (exact) mass is 203 g/mol. The highest BCUT2D eigenvalue weighted by Gasteiger charge is 2.18. The maximum absolute atomic E-state index is 5.28. The fraction of sp³-hybridized carbons (Fsp3) is 0.583.